The predicted molar refractivity (Wildman–Crippen MR) is 59.3 cm³/mol. The maximum absolute atomic E-state index is 6.04. The van der Waals surface area contributed by atoms with E-state index in [4.69, 9.17) is 26.6 Å². The standard InChI is InChI=1S/C10H10ClN3O2/c11-8-9(7-2-1-4-13-6-7)16-14-10(8)15-5-3-12/h1-2,4,6H,3,5,12H2. The van der Waals surface area contributed by atoms with Gasteiger partial charge in [-0.05, 0) is 17.3 Å². The molecule has 0 aromatic carbocycles. The Bertz CT molecular complexity index is 458. The van der Waals surface area contributed by atoms with Crippen LogP contribution in [0.3, 0.4) is 0 Å². The van der Waals surface area contributed by atoms with Crippen molar-refractivity contribution in [2.75, 3.05) is 13.2 Å². The summed E-state index contributed by atoms with van der Waals surface area (Å²) in [7, 11) is 0. The van der Waals surface area contributed by atoms with E-state index in [1.165, 1.54) is 0 Å². The molecule has 2 N–H and O–H groups in total. The van der Waals surface area contributed by atoms with Crippen molar-refractivity contribution >= 4 is 11.6 Å². The zero-order valence-electron chi connectivity index (χ0n) is 8.39. The van der Waals surface area contributed by atoms with Gasteiger partial charge in [-0.2, -0.15) is 0 Å². The van der Waals surface area contributed by atoms with Crippen molar-refractivity contribution in [2.24, 2.45) is 5.73 Å². The largest absolute Gasteiger partial charge is 0.473 e. The molecule has 0 saturated heterocycles. The number of halogens is 1. The summed E-state index contributed by atoms with van der Waals surface area (Å²) in [5, 5.41) is 4.05. The predicted octanol–water partition coefficient (Wildman–Crippen LogP) is 1.73. The molecule has 16 heavy (non-hydrogen) atoms. The molecule has 0 amide bonds. The van der Waals surface area contributed by atoms with Crippen LogP contribution in [0.25, 0.3) is 11.3 Å². The second kappa shape index (κ2) is 4.96. The molecule has 0 aliphatic heterocycles. The highest BCUT2D eigenvalue weighted by Gasteiger charge is 2.16. The Balaban J connectivity index is 2.27. The topological polar surface area (TPSA) is 74.2 Å². The van der Waals surface area contributed by atoms with Gasteiger partial charge < -0.3 is 15.0 Å². The summed E-state index contributed by atoms with van der Waals surface area (Å²) in [6.45, 7) is 0.740. The number of pyridine rings is 1. The number of rotatable bonds is 4. The Morgan fingerprint density at radius 1 is 1.50 bits per heavy atom. The van der Waals surface area contributed by atoms with Gasteiger partial charge in [0, 0.05) is 24.5 Å². The highest BCUT2D eigenvalue weighted by Crippen LogP contribution is 2.34. The van der Waals surface area contributed by atoms with Crippen LogP contribution < -0.4 is 10.5 Å². The van der Waals surface area contributed by atoms with Crippen molar-refractivity contribution < 1.29 is 9.26 Å². The average Bonchev–Trinajstić information content (AvgIpc) is 2.69. The molecule has 0 spiro atoms. The summed E-state index contributed by atoms with van der Waals surface area (Å²) in [6, 6.07) is 3.61. The fourth-order valence-electron chi connectivity index (χ4n) is 1.19. The molecule has 2 aromatic rings. The van der Waals surface area contributed by atoms with Crippen LogP contribution in [0.4, 0.5) is 0 Å². The normalized spacial score (nSPS) is 10.4. The van der Waals surface area contributed by atoms with Crippen LogP contribution in [0.2, 0.25) is 5.02 Å². The fraction of sp³-hybridized carbons (Fsp3) is 0.200. The third kappa shape index (κ3) is 2.15. The molecule has 0 unspecified atom stereocenters. The molecule has 0 fully saturated rings. The van der Waals surface area contributed by atoms with Gasteiger partial charge in [0.15, 0.2) is 10.8 Å². The molecule has 2 aromatic heterocycles. The maximum Gasteiger partial charge on any atom is 0.273 e. The molecule has 2 heterocycles. The summed E-state index contributed by atoms with van der Waals surface area (Å²) < 4.78 is 10.3. The van der Waals surface area contributed by atoms with Gasteiger partial charge in [-0.1, -0.05) is 11.6 Å². The molecule has 84 valence electrons. The van der Waals surface area contributed by atoms with E-state index in [9.17, 15) is 0 Å². The van der Waals surface area contributed by atoms with Crippen LogP contribution in [-0.2, 0) is 0 Å². The highest BCUT2D eigenvalue weighted by molar-refractivity contribution is 6.34. The molecule has 5 nitrogen and oxygen atoms in total. The van der Waals surface area contributed by atoms with Crippen molar-refractivity contribution in [3.05, 3.63) is 29.5 Å². The quantitative estimate of drug-likeness (QED) is 0.880. The SMILES string of the molecule is NCCOc1noc(-c2cccnc2)c1Cl. The van der Waals surface area contributed by atoms with Crippen molar-refractivity contribution in [3.8, 4) is 17.2 Å². The first-order chi connectivity index (χ1) is 7.83. The van der Waals surface area contributed by atoms with Crippen molar-refractivity contribution in [2.45, 2.75) is 0 Å². The lowest BCUT2D eigenvalue weighted by molar-refractivity contribution is 0.288. The first kappa shape index (κ1) is 10.9. The molecule has 0 atom stereocenters. The molecule has 0 radical (unpaired) electrons. The minimum absolute atomic E-state index is 0.256. The Morgan fingerprint density at radius 3 is 3.06 bits per heavy atom. The summed E-state index contributed by atoms with van der Waals surface area (Å²) in [6.07, 6.45) is 3.30. The summed E-state index contributed by atoms with van der Waals surface area (Å²) >= 11 is 6.04. The first-order valence-electron chi connectivity index (χ1n) is 4.71. The van der Waals surface area contributed by atoms with E-state index < -0.39 is 0 Å². The van der Waals surface area contributed by atoms with Crippen molar-refractivity contribution in [1.29, 1.82) is 0 Å². The van der Waals surface area contributed by atoms with Gasteiger partial charge >= 0.3 is 0 Å². The smallest absolute Gasteiger partial charge is 0.273 e. The van der Waals surface area contributed by atoms with Gasteiger partial charge in [-0.25, -0.2) is 0 Å². The molecular weight excluding hydrogens is 230 g/mol. The second-order valence-electron chi connectivity index (χ2n) is 3.01. The zero-order chi connectivity index (χ0) is 11.4. The first-order valence-corrected chi connectivity index (χ1v) is 5.09. The Labute approximate surface area is 97.2 Å². The fourth-order valence-corrected chi connectivity index (χ4v) is 1.42. The van der Waals surface area contributed by atoms with E-state index in [2.05, 4.69) is 10.1 Å². The van der Waals surface area contributed by atoms with E-state index in [0.717, 1.165) is 5.56 Å². The average molecular weight is 240 g/mol. The molecule has 2 rings (SSSR count). The molecule has 6 heteroatoms. The van der Waals surface area contributed by atoms with Crippen molar-refractivity contribution in [1.82, 2.24) is 10.1 Å². The monoisotopic (exact) mass is 239 g/mol. The van der Waals surface area contributed by atoms with Gasteiger partial charge in [0.25, 0.3) is 5.88 Å². The van der Waals surface area contributed by atoms with E-state index in [0.29, 0.717) is 23.9 Å². The van der Waals surface area contributed by atoms with Crippen LogP contribution >= 0.6 is 11.6 Å². The van der Waals surface area contributed by atoms with Crippen LogP contribution in [0.1, 0.15) is 0 Å². The van der Waals surface area contributed by atoms with Gasteiger partial charge in [0.2, 0.25) is 0 Å². The molecule has 0 saturated carbocycles. The van der Waals surface area contributed by atoms with Gasteiger partial charge in [-0.3, -0.25) is 4.98 Å². The van der Waals surface area contributed by atoms with Gasteiger partial charge in [0.1, 0.15) is 6.61 Å². The Hall–Kier alpha value is -1.59. The number of hydrogen-bond donors (Lipinski definition) is 1. The lowest BCUT2D eigenvalue weighted by Crippen LogP contribution is -2.10. The summed E-state index contributed by atoms with van der Waals surface area (Å²) in [5.74, 6) is 0.702. The summed E-state index contributed by atoms with van der Waals surface area (Å²) in [4.78, 5) is 3.97. The second-order valence-corrected chi connectivity index (χ2v) is 3.39. The summed E-state index contributed by atoms with van der Waals surface area (Å²) in [5.41, 5.74) is 6.06. The van der Waals surface area contributed by atoms with Gasteiger partial charge in [-0.15, -0.1) is 0 Å². The molecule has 0 aliphatic rings. The number of ether oxygens (including phenoxy) is 1. The molecule has 0 aliphatic carbocycles. The van der Waals surface area contributed by atoms with E-state index in [-0.39, 0.29) is 5.88 Å². The molecule has 0 bridgehead atoms. The maximum atomic E-state index is 6.04. The lowest BCUT2D eigenvalue weighted by atomic mass is 10.2. The van der Waals surface area contributed by atoms with Crippen LogP contribution in [-0.4, -0.2) is 23.3 Å². The number of nitrogens with zero attached hydrogens (tertiary/aromatic N) is 2. The highest BCUT2D eigenvalue weighted by atomic mass is 35.5. The van der Waals surface area contributed by atoms with E-state index in [1.807, 2.05) is 6.07 Å². The molecular formula is C10H10ClN3O2. The van der Waals surface area contributed by atoms with Crippen LogP contribution in [0, 0.1) is 0 Å². The number of aromatic nitrogens is 2. The minimum atomic E-state index is 0.256. The Kier molecular flexibility index (Phi) is 3.38. The number of hydrogen-bond acceptors (Lipinski definition) is 5. The van der Waals surface area contributed by atoms with Crippen molar-refractivity contribution in [3.63, 3.8) is 0 Å². The van der Waals surface area contributed by atoms with Crippen LogP contribution in [0.15, 0.2) is 29.0 Å². The third-order valence-electron chi connectivity index (χ3n) is 1.89. The zero-order valence-corrected chi connectivity index (χ0v) is 9.15. The number of nitrogens with two attached hydrogens (primary N) is 1. The van der Waals surface area contributed by atoms with Gasteiger partial charge in [0.05, 0.1) is 0 Å². The van der Waals surface area contributed by atoms with E-state index >= 15 is 0 Å². The minimum Gasteiger partial charge on any atom is -0.473 e. The van der Waals surface area contributed by atoms with Crippen LogP contribution in [0.5, 0.6) is 5.88 Å². The van der Waals surface area contributed by atoms with E-state index in [1.54, 1.807) is 18.5 Å². The lowest BCUT2D eigenvalue weighted by Gasteiger charge is -1.98. The third-order valence-corrected chi connectivity index (χ3v) is 2.22. The Morgan fingerprint density at radius 2 is 2.38 bits per heavy atom.